The molecule has 0 amide bonds. The van der Waals surface area contributed by atoms with E-state index < -0.39 is 6.04 Å². The Labute approximate surface area is 130 Å². The van der Waals surface area contributed by atoms with Gasteiger partial charge in [-0.2, -0.15) is 0 Å². The van der Waals surface area contributed by atoms with Crippen molar-refractivity contribution in [2.45, 2.75) is 13.0 Å². The number of rotatable bonds is 6. The second-order valence-corrected chi connectivity index (χ2v) is 5.39. The number of halogens is 1. The minimum Gasteiger partial charge on any atom is -0.465 e. The third kappa shape index (κ3) is 3.84. The maximum atomic E-state index is 13.1. The molecule has 1 aromatic rings. The van der Waals surface area contributed by atoms with Crippen molar-refractivity contribution in [3.63, 3.8) is 0 Å². The first-order valence-corrected chi connectivity index (χ1v) is 7.33. The van der Waals surface area contributed by atoms with Crippen LogP contribution in [0.1, 0.15) is 12.5 Å². The topological polar surface area (TPSA) is 44.8 Å². The van der Waals surface area contributed by atoms with E-state index in [2.05, 4.69) is 5.43 Å². The van der Waals surface area contributed by atoms with Crippen LogP contribution in [0, 0.1) is 5.82 Å². The monoisotopic (exact) mass is 307 g/mol. The normalized spacial score (nSPS) is 18.2. The zero-order valence-electron chi connectivity index (χ0n) is 13.2. The molecule has 1 aromatic carbocycles. The van der Waals surface area contributed by atoms with Gasteiger partial charge in [0.1, 0.15) is 5.82 Å². The predicted octanol–water partition coefficient (Wildman–Crippen LogP) is 1.48. The first kappa shape index (κ1) is 16.5. The van der Waals surface area contributed by atoms with Crippen LogP contribution in [-0.4, -0.2) is 55.7 Å². The summed E-state index contributed by atoms with van der Waals surface area (Å²) in [6, 6.07) is 5.60. The van der Waals surface area contributed by atoms with Gasteiger partial charge in [-0.25, -0.2) is 14.2 Å². The van der Waals surface area contributed by atoms with E-state index in [1.54, 1.807) is 25.3 Å². The van der Waals surface area contributed by atoms with Crippen LogP contribution in [0.3, 0.4) is 0 Å². The third-order valence-electron chi connectivity index (χ3n) is 3.47. The summed E-state index contributed by atoms with van der Waals surface area (Å²) in [6.07, 6.45) is 1.78. The molecule has 2 rings (SSSR count). The van der Waals surface area contributed by atoms with Gasteiger partial charge in [-0.1, -0.05) is 12.1 Å². The highest BCUT2D eigenvalue weighted by Crippen LogP contribution is 2.26. The summed E-state index contributed by atoms with van der Waals surface area (Å²) >= 11 is 0. The van der Waals surface area contributed by atoms with Crippen LogP contribution < -0.4 is 5.43 Å². The molecule has 0 saturated carbocycles. The number of likely N-dealkylation sites (N-methyl/N-ethyl adjacent to an activating group) is 1. The number of esters is 1. The van der Waals surface area contributed by atoms with Crippen molar-refractivity contribution in [3.8, 4) is 0 Å². The number of carbonyl (C=O) groups is 1. The number of hydrogen-bond acceptors (Lipinski definition) is 5. The Morgan fingerprint density at radius 2 is 2.05 bits per heavy atom. The predicted molar refractivity (Wildman–Crippen MR) is 83.2 cm³/mol. The number of benzene rings is 1. The number of nitrogens with one attached hydrogen (secondary N) is 1. The van der Waals surface area contributed by atoms with E-state index in [1.807, 2.05) is 24.0 Å². The van der Waals surface area contributed by atoms with Crippen LogP contribution in [0.2, 0.25) is 0 Å². The minimum atomic E-state index is -0.523. The van der Waals surface area contributed by atoms with Crippen molar-refractivity contribution in [2.75, 3.05) is 33.8 Å². The molecular formula is C16H22FN3O2. The van der Waals surface area contributed by atoms with Crippen molar-refractivity contribution in [2.24, 2.45) is 0 Å². The van der Waals surface area contributed by atoms with Gasteiger partial charge in [-0.15, -0.1) is 0 Å². The van der Waals surface area contributed by atoms with Crippen LogP contribution >= 0.6 is 0 Å². The van der Waals surface area contributed by atoms with Crippen molar-refractivity contribution in [3.05, 3.63) is 41.8 Å². The standard InChI is InChI=1S/C16H22FN3O2/c1-4-22-16(21)15-14(12-5-7-13(17)8-6-12)11-18-20(15)10-9-19(2)3/h5-8,11,15,18H,4,9-10H2,1-3H3. The Kier molecular flexibility index (Phi) is 5.51. The van der Waals surface area contributed by atoms with Gasteiger partial charge < -0.3 is 15.1 Å². The summed E-state index contributed by atoms with van der Waals surface area (Å²) in [4.78, 5) is 14.4. The molecule has 0 radical (unpaired) electrons. The van der Waals surface area contributed by atoms with Gasteiger partial charge in [-0.05, 0) is 38.7 Å². The molecule has 1 heterocycles. The molecular weight excluding hydrogens is 285 g/mol. The molecule has 1 aliphatic rings. The summed E-state index contributed by atoms with van der Waals surface area (Å²) in [5.74, 6) is -0.603. The summed E-state index contributed by atoms with van der Waals surface area (Å²) < 4.78 is 18.3. The third-order valence-corrected chi connectivity index (χ3v) is 3.47. The van der Waals surface area contributed by atoms with Crippen LogP contribution in [0.4, 0.5) is 4.39 Å². The largest absolute Gasteiger partial charge is 0.465 e. The Balaban J connectivity index is 2.20. The van der Waals surface area contributed by atoms with Crippen molar-refractivity contribution < 1.29 is 13.9 Å². The van der Waals surface area contributed by atoms with Crippen LogP contribution in [0.15, 0.2) is 30.5 Å². The number of hydrogen-bond donors (Lipinski definition) is 1. The fourth-order valence-corrected chi connectivity index (χ4v) is 2.33. The Morgan fingerprint density at radius 1 is 1.36 bits per heavy atom. The van der Waals surface area contributed by atoms with Crippen LogP contribution in [0.5, 0.6) is 0 Å². The molecule has 22 heavy (non-hydrogen) atoms. The van der Waals surface area contributed by atoms with Gasteiger partial charge in [0.05, 0.1) is 6.61 Å². The zero-order chi connectivity index (χ0) is 16.1. The maximum Gasteiger partial charge on any atom is 0.329 e. The lowest BCUT2D eigenvalue weighted by atomic mass is 10.00. The minimum absolute atomic E-state index is 0.299. The van der Waals surface area contributed by atoms with Gasteiger partial charge in [0, 0.05) is 24.9 Å². The Morgan fingerprint density at radius 3 is 2.64 bits per heavy atom. The smallest absolute Gasteiger partial charge is 0.329 e. The van der Waals surface area contributed by atoms with E-state index in [0.29, 0.717) is 13.2 Å². The number of hydrazine groups is 1. The molecule has 1 unspecified atom stereocenters. The first-order valence-electron chi connectivity index (χ1n) is 7.33. The molecule has 0 aliphatic carbocycles. The van der Waals surface area contributed by atoms with E-state index in [4.69, 9.17) is 4.74 Å². The summed E-state index contributed by atoms with van der Waals surface area (Å²) in [7, 11) is 3.95. The highest BCUT2D eigenvalue weighted by molar-refractivity contribution is 5.93. The quantitative estimate of drug-likeness (QED) is 0.807. The second-order valence-electron chi connectivity index (χ2n) is 5.39. The molecule has 0 bridgehead atoms. The van der Waals surface area contributed by atoms with Gasteiger partial charge in [-0.3, -0.25) is 0 Å². The van der Waals surface area contributed by atoms with E-state index >= 15 is 0 Å². The number of ether oxygens (including phenoxy) is 1. The SMILES string of the molecule is CCOC(=O)C1C(c2ccc(F)cc2)=CNN1CCN(C)C. The summed E-state index contributed by atoms with van der Waals surface area (Å²) in [5.41, 5.74) is 4.71. The zero-order valence-corrected chi connectivity index (χ0v) is 13.2. The molecule has 0 saturated heterocycles. The number of carbonyl (C=O) groups excluding carboxylic acids is 1. The van der Waals surface area contributed by atoms with E-state index in [1.165, 1.54) is 12.1 Å². The highest BCUT2D eigenvalue weighted by atomic mass is 19.1. The maximum absolute atomic E-state index is 13.1. The average Bonchev–Trinajstić information content (AvgIpc) is 2.90. The van der Waals surface area contributed by atoms with Gasteiger partial charge in [0.15, 0.2) is 6.04 Å². The molecule has 5 nitrogen and oxygen atoms in total. The molecule has 0 fully saturated rings. The lowest BCUT2D eigenvalue weighted by Gasteiger charge is -2.26. The molecule has 0 aromatic heterocycles. The Bertz CT molecular complexity index is 543. The molecule has 1 N–H and O–H groups in total. The first-order chi connectivity index (χ1) is 10.5. The fraction of sp³-hybridized carbons (Fsp3) is 0.438. The van der Waals surface area contributed by atoms with Crippen molar-refractivity contribution >= 4 is 11.5 Å². The lowest BCUT2D eigenvalue weighted by molar-refractivity contribution is -0.147. The van der Waals surface area contributed by atoms with Gasteiger partial charge in [0.2, 0.25) is 0 Å². The second kappa shape index (κ2) is 7.38. The Hall–Kier alpha value is -1.92. The summed E-state index contributed by atoms with van der Waals surface area (Å²) in [5, 5.41) is 1.84. The van der Waals surface area contributed by atoms with E-state index in [9.17, 15) is 9.18 Å². The molecule has 0 spiro atoms. The highest BCUT2D eigenvalue weighted by Gasteiger charge is 2.35. The van der Waals surface area contributed by atoms with Gasteiger partial charge >= 0.3 is 5.97 Å². The molecule has 1 aliphatic heterocycles. The summed E-state index contributed by atoms with van der Waals surface area (Å²) in [6.45, 7) is 3.57. The molecule has 120 valence electrons. The van der Waals surface area contributed by atoms with E-state index in [0.717, 1.165) is 17.7 Å². The lowest BCUT2D eigenvalue weighted by Crippen LogP contribution is -2.46. The fourth-order valence-electron chi connectivity index (χ4n) is 2.33. The van der Waals surface area contributed by atoms with Crippen molar-refractivity contribution in [1.29, 1.82) is 0 Å². The number of nitrogens with zero attached hydrogens (tertiary/aromatic N) is 2. The average molecular weight is 307 g/mol. The van der Waals surface area contributed by atoms with Gasteiger partial charge in [0.25, 0.3) is 0 Å². The van der Waals surface area contributed by atoms with E-state index in [-0.39, 0.29) is 11.8 Å². The molecule has 6 heteroatoms. The van der Waals surface area contributed by atoms with Crippen LogP contribution in [-0.2, 0) is 9.53 Å². The molecule has 1 atom stereocenters. The van der Waals surface area contributed by atoms with Crippen LogP contribution in [0.25, 0.3) is 5.57 Å². The van der Waals surface area contributed by atoms with Crippen molar-refractivity contribution in [1.82, 2.24) is 15.3 Å².